The van der Waals surface area contributed by atoms with Crippen molar-refractivity contribution in [3.8, 4) is 0 Å². The molecule has 4 heteroatoms. The Morgan fingerprint density at radius 3 is 2.50 bits per heavy atom. The van der Waals surface area contributed by atoms with Crippen LogP contribution in [0.3, 0.4) is 0 Å². The number of carbonyl (C=O) groups excluding carboxylic acids is 1. The van der Waals surface area contributed by atoms with Crippen molar-refractivity contribution in [1.29, 1.82) is 0 Å². The molecule has 0 spiro atoms. The lowest BCUT2D eigenvalue weighted by Crippen LogP contribution is -2.16. The third-order valence-electron chi connectivity index (χ3n) is 1.23. The smallest absolute Gasteiger partial charge is 0.333 e. The fourth-order valence-electron chi connectivity index (χ4n) is 0.532. The minimum absolute atomic E-state index is 0.158. The predicted molar refractivity (Wildman–Crippen MR) is 44.3 cm³/mol. The van der Waals surface area contributed by atoms with E-state index in [1.54, 1.807) is 6.92 Å². The maximum atomic E-state index is 10.6. The lowest BCUT2D eigenvalue weighted by molar-refractivity contribution is -0.132. The summed E-state index contributed by atoms with van der Waals surface area (Å²) in [4.78, 5) is 21.0. The van der Waals surface area contributed by atoms with Crippen LogP contribution in [0, 0.1) is 0 Å². The van der Waals surface area contributed by atoms with Crippen LogP contribution >= 0.6 is 0 Å². The van der Waals surface area contributed by atoms with Gasteiger partial charge in [-0.2, -0.15) is 0 Å². The van der Waals surface area contributed by atoms with Crippen molar-refractivity contribution >= 4 is 11.9 Å². The normalized spacial score (nSPS) is 10.6. The molecule has 0 aliphatic rings. The molecule has 0 atom stereocenters. The van der Waals surface area contributed by atoms with E-state index in [1.807, 2.05) is 0 Å². The Kier molecular flexibility index (Phi) is 4.45. The second kappa shape index (κ2) is 5.12. The molecule has 0 heterocycles. The second-order valence-corrected chi connectivity index (χ2v) is 2.04. The van der Waals surface area contributed by atoms with Crippen LogP contribution < -0.4 is 5.32 Å². The molecule has 0 aromatic rings. The molecular weight excluding hydrogens is 158 g/mol. The number of carboxylic acid groups (broad SMARTS) is 1. The largest absolute Gasteiger partial charge is 0.478 e. The summed E-state index contributed by atoms with van der Waals surface area (Å²) in [6.07, 6.45) is 2.62. The zero-order valence-corrected chi connectivity index (χ0v) is 6.83. The number of carbonyl (C=O) groups is 2. The first-order valence-electron chi connectivity index (χ1n) is 3.47. The van der Waals surface area contributed by atoms with Gasteiger partial charge in [0.15, 0.2) is 0 Å². The van der Waals surface area contributed by atoms with Gasteiger partial charge in [-0.15, -0.1) is 0 Å². The Labute approximate surface area is 70.6 Å². The topological polar surface area (TPSA) is 66.4 Å². The number of nitrogens with one attached hydrogen (secondary N) is 1. The fourth-order valence-corrected chi connectivity index (χ4v) is 0.532. The molecule has 0 saturated carbocycles. The molecule has 0 rings (SSSR count). The molecule has 0 aromatic carbocycles. The van der Waals surface area contributed by atoms with Crippen molar-refractivity contribution in [2.75, 3.05) is 0 Å². The van der Waals surface area contributed by atoms with Crippen LogP contribution in [-0.2, 0) is 9.59 Å². The molecule has 4 nitrogen and oxygen atoms in total. The molecule has 0 aliphatic carbocycles. The second-order valence-electron chi connectivity index (χ2n) is 2.04. The van der Waals surface area contributed by atoms with Crippen molar-refractivity contribution < 1.29 is 14.7 Å². The highest BCUT2D eigenvalue weighted by Gasteiger charge is 2.03. The summed E-state index contributed by atoms with van der Waals surface area (Å²) in [6, 6.07) is 0. The summed E-state index contributed by atoms with van der Waals surface area (Å²) >= 11 is 0. The van der Waals surface area contributed by atoms with E-state index in [2.05, 4.69) is 11.9 Å². The van der Waals surface area contributed by atoms with Crippen LogP contribution in [0.1, 0.15) is 13.3 Å². The molecule has 12 heavy (non-hydrogen) atoms. The standard InChI is InChI=1S/C8H11NO3/c1-3-6(8(11)12)5-9-7(10)4-2/h4-5H,2-3H2,1H3,(H,9,10)(H,11,12). The van der Waals surface area contributed by atoms with Crippen LogP contribution in [0.5, 0.6) is 0 Å². The Hall–Kier alpha value is -1.58. The average molecular weight is 169 g/mol. The zero-order valence-electron chi connectivity index (χ0n) is 6.83. The summed E-state index contributed by atoms with van der Waals surface area (Å²) in [5.41, 5.74) is 0.158. The summed E-state index contributed by atoms with van der Waals surface area (Å²) in [7, 11) is 0. The molecule has 0 unspecified atom stereocenters. The summed E-state index contributed by atoms with van der Waals surface area (Å²) in [6.45, 7) is 4.91. The van der Waals surface area contributed by atoms with Crippen molar-refractivity contribution in [2.45, 2.75) is 13.3 Å². The lowest BCUT2D eigenvalue weighted by Gasteiger charge is -1.97. The van der Waals surface area contributed by atoms with Crippen LogP contribution in [-0.4, -0.2) is 17.0 Å². The molecule has 0 bridgehead atoms. The van der Waals surface area contributed by atoms with E-state index >= 15 is 0 Å². The molecule has 2 N–H and O–H groups in total. The zero-order chi connectivity index (χ0) is 9.56. The SMILES string of the molecule is C=CC(=O)NC=C(CC)C(=O)O. The van der Waals surface area contributed by atoms with E-state index in [0.29, 0.717) is 6.42 Å². The van der Waals surface area contributed by atoms with Gasteiger partial charge in [0.05, 0.1) is 5.57 Å². The first-order chi connectivity index (χ1) is 5.61. The Bertz CT molecular complexity index is 230. The molecule has 66 valence electrons. The first-order valence-corrected chi connectivity index (χ1v) is 3.47. The highest BCUT2D eigenvalue weighted by molar-refractivity contribution is 5.90. The predicted octanol–water partition coefficient (Wildman–Crippen LogP) is 0.667. The van der Waals surface area contributed by atoms with Crippen LogP contribution in [0.2, 0.25) is 0 Å². The van der Waals surface area contributed by atoms with Gasteiger partial charge in [-0.25, -0.2) is 4.79 Å². The molecule has 0 aromatic heterocycles. The number of hydrogen-bond donors (Lipinski definition) is 2. The summed E-state index contributed by atoms with van der Waals surface area (Å²) < 4.78 is 0. The third-order valence-corrected chi connectivity index (χ3v) is 1.23. The van der Waals surface area contributed by atoms with Gasteiger partial charge in [0.1, 0.15) is 0 Å². The highest BCUT2D eigenvalue weighted by Crippen LogP contribution is 1.97. The molecule has 0 radical (unpaired) electrons. The first kappa shape index (κ1) is 10.4. The number of hydrogen-bond acceptors (Lipinski definition) is 2. The van der Waals surface area contributed by atoms with Crippen LogP contribution in [0.15, 0.2) is 24.4 Å². The van der Waals surface area contributed by atoms with Gasteiger partial charge >= 0.3 is 5.97 Å². The van der Waals surface area contributed by atoms with Crippen molar-refractivity contribution in [2.24, 2.45) is 0 Å². The van der Waals surface area contributed by atoms with E-state index in [1.165, 1.54) is 6.20 Å². The lowest BCUT2D eigenvalue weighted by atomic mass is 10.2. The van der Waals surface area contributed by atoms with Crippen LogP contribution in [0.4, 0.5) is 0 Å². The molecule has 0 saturated heterocycles. The van der Waals surface area contributed by atoms with Gasteiger partial charge in [0, 0.05) is 6.20 Å². The van der Waals surface area contributed by atoms with Gasteiger partial charge < -0.3 is 10.4 Å². The summed E-state index contributed by atoms with van der Waals surface area (Å²) in [5, 5.41) is 10.8. The van der Waals surface area contributed by atoms with E-state index in [0.717, 1.165) is 6.08 Å². The Morgan fingerprint density at radius 2 is 2.17 bits per heavy atom. The quantitative estimate of drug-likeness (QED) is 0.608. The fraction of sp³-hybridized carbons (Fsp3) is 0.250. The van der Waals surface area contributed by atoms with E-state index in [9.17, 15) is 9.59 Å². The molecule has 0 aliphatic heterocycles. The Balaban J connectivity index is 4.21. The average Bonchev–Trinajstić information content (AvgIpc) is 2.04. The molecule has 0 fully saturated rings. The minimum Gasteiger partial charge on any atom is -0.478 e. The van der Waals surface area contributed by atoms with Gasteiger partial charge in [0.25, 0.3) is 0 Å². The number of carboxylic acids is 1. The number of rotatable bonds is 4. The molecular formula is C8H11NO3. The maximum absolute atomic E-state index is 10.6. The van der Waals surface area contributed by atoms with Gasteiger partial charge in [-0.05, 0) is 12.5 Å². The number of aliphatic carboxylic acids is 1. The van der Waals surface area contributed by atoms with E-state index < -0.39 is 11.9 Å². The van der Waals surface area contributed by atoms with Crippen molar-refractivity contribution in [1.82, 2.24) is 5.32 Å². The van der Waals surface area contributed by atoms with Gasteiger partial charge in [0.2, 0.25) is 5.91 Å². The van der Waals surface area contributed by atoms with Crippen LogP contribution in [0.25, 0.3) is 0 Å². The monoisotopic (exact) mass is 169 g/mol. The van der Waals surface area contributed by atoms with Crippen molar-refractivity contribution in [3.63, 3.8) is 0 Å². The third kappa shape index (κ3) is 3.55. The van der Waals surface area contributed by atoms with Gasteiger partial charge in [-0.1, -0.05) is 13.5 Å². The van der Waals surface area contributed by atoms with Crippen molar-refractivity contribution in [3.05, 3.63) is 24.4 Å². The Morgan fingerprint density at radius 1 is 1.58 bits per heavy atom. The minimum atomic E-state index is -1.03. The van der Waals surface area contributed by atoms with Gasteiger partial charge in [-0.3, -0.25) is 4.79 Å². The summed E-state index contributed by atoms with van der Waals surface area (Å²) in [5.74, 6) is -1.44. The van der Waals surface area contributed by atoms with E-state index in [-0.39, 0.29) is 5.57 Å². The highest BCUT2D eigenvalue weighted by atomic mass is 16.4. The molecule has 1 amide bonds. The van der Waals surface area contributed by atoms with E-state index in [4.69, 9.17) is 5.11 Å². The number of amides is 1. The maximum Gasteiger partial charge on any atom is 0.333 e.